The molecule has 0 radical (unpaired) electrons. The molecule has 0 saturated heterocycles. The summed E-state index contributed by atoms with van der Waals surface area (Å²) in [5, 5.41) is 27.1. The quantitative estimate of drug-likeness (QED) is 0.0435. The van der Waals surface area contributed by atoms with Crippen molar-refractivity contribution < 1.29 is 24.0 Å². The Labute approximate surface area is 789 Å². The topological polar surface area (TPSA) is 350 Å². The molecule has 21 rings (SSSR count). The molecule has 138 heavy (non-hydrogen) atoms. The maximum absolute atomic E-state index is 13.1. The maximum atomic E-state index is 13.1. The number of nitrogens with two attached hydrogens (primary N) is 1. The minimum Gasteiger partial charge on any atom is -0.352 e. The van der Waals surface area contributed by atoms with Crippen LogP contribution in [0.1, 0.15) is 92.0 Å². The third-order valence-electron chi connectivity index (χ3n) is 24.4. The van der Waals surface area contributed by atoms with Crippen molar-refractivity contribution in [2.24, 2.45) is 11.7 Å². The van der Waals surface area contributed by atoms with Gasteiger partial charge < -0.3 is 42.1 Å². The summed E-state index contributed by atoms with van der Waals surface area (Å²) >= 11 is 0. The Kier molecular flexibility index (Phi) is 27.2. The number of rotatable bonds is 18. The lowest BCUT2D eigenvalue weighted by Crippen LogP contribution is -2.38. The first kappa shape index (κ1) is 92.9. The van der Waals surface area contributed by atoms with Gasteiger partial charge in [0, 0.05) is 81.8 Å². The highest BCUT2D eigenvalue weighted by molar-refractivity contribution is 6.08. The van der Waals surface area contributed by atoms with E-state index in [1.54, 1.807) is 91.6 Å². The summed E-state index contributed by atoms with van der Waals surface area (Å²) in [6.45, 7) is 12.4. The molecule has 21 aromatic rings. The van der Waals surface area contributed by atoms with Crippen LogP contribution in [0.4, 0.5) is 0 Å². The molecule has 10 aromatic heterocycles. The van der Waals surface area contributed by atoms with E-state index >= 15 is 0 Å². The van der Waals surface area contributed by atoms with Crippen molar-refractivity contribution in [1.82, 2.24) is 83.3 Å². The molecule has 7 N–H and O–H groups in total. The number of nitrogens with one attached hydrogen (secondary N) is 5. The van der Waals surface area contributed by atoms with Gasteiger partial charge in [-0.3, -0.25) is 69.9 Å². The average Bonchev–Trinajstić information content (AvgIpc) is 0.771. The fourth-order valence-corrected chi connectivity index (χ4v) is 16.3. The zero-order valence-corrected chi connectivity index (χ0v) is 77.4. The second-order valence-corrected chi connectivity index (χ2v) is 35.1. The van der Waals surface area contributed by atoms with Crippen LogP contribution in [0, 0.1) is 5.92 Å². The van der Waals surface area contributed by atoms with Crippen molar-refractivity contribution in [2.75, 3.05) is 60.9 Å². The summed E-state index contributed by atoms with van der Waals surface area (Å²) in [4.78, 5) is 156. The number of likely N-dealkylation sites (N-methyl/N-ethyl adjacent to an activating group) is 2. The van der Waals surface area contributed by atoms with Crippen LogP contribution in [0.3, 0.4) is 0 Å². The Morgan fingerprint density at radius 1 is 0.283 bits per heavy atom. The number of hydrogen-bond donors (Lipinski definition) is 6. The van der Waals surface area contributed by atoms with Gasteiger partial charge >= 0.3 is 0 Å². The van der Waals surface area contributed by atoms with E-state index in [2.05, 4.69) is 51.5 Å². The molecule has 5 amide bonds. The average molecular weight is 1830 g/mol. The number of hydrogen-bond acceptors (Lipinski definition) is 18. The van der Waals surface area contributed by atoms with Crippen molar-refractivity contribution >= 4 is 166 Å². The minimum absolute atomic E-state index is 0.156. The van der Waals surface area contributed by atoms with E-state index in [0.717, 1.165) is 65.8 Å². The Hall–Kier alpha value is -17.0. The summed E-state index contributed by atoms with van der Waals surface area (Å²) in [5.74, 6) is -0.887. The van der Waals surface area contributed by atoms with Crippen LogP contribution >= 0.6 is 0 Å². The van der Waals surface area contributed by atoms with Crippen molar-refractivity contribution in [3.63, 3.8) is 0 Å². The number of amides is 5. The van der Waals surface area contributed by atoms with E-state index in [-0.39, 0.29) is 75.5 Å². The first-order valence-electron chi connectivity index (χ1n) is 45.4. The van der Waals surface area contributed by atoms with Crippen LogP contribution in [0.2, 0.25) is 0 Å². The molecule has 0 unspecified atom stereocenters. The Morgan fingerprint density at radius 2 is 0.500 bits per heavy atom. The van der Waals surface area contributed by atoms with Gasteiger partial charge in [0.1, 0.15) is 0 Å². The largest absolute Gasteiger partial charge is 0.352 e. The molecule has 28 nitrogen and oxygen atoms in total. The molecule has 0 fully saturated rings. The SMILES string of the molecule is CC(C)CNC(=O)c1cccn2c(=O)c3cc4ccccc4cc3nc12.C[C@@H](CNC(=O)c1cccn2c(=O)c3cc4ccccc4cc3nc12)N(C)C.C[C@@H](N)CNC(=O)c1cccn2c(=O)c3cc4ccccc4cc3nc12.C[C@H](CNC(=O)c1cccn2c(=O)c3cc4ccccc4cc3nc12)N(C)C.O=C(NCCc1ccccc1)c1cccn2c(=O)c3cc4ccccc4cc3nc12. The fraction of sp³-hybridized carbons (Fsp3) is 0.173. The van der Waals surface area contributed by atoms with E-state index in [4.69, 9.17) is 5.73 Å². The number of aromatic nitrogens is 10. The lowest BCUT2D eigenvalue weighted by molar-refractivity contribution is 0.0936. The number of benzene rings is 11. The molecule has 10 heterocycles. The molecule has 0 aliphatic carbocycles. The fourth-order valence-electron chi connectivity index (χ4n) is 16.3. The normalized spacial score (nSPS) is 12.1. The van der Waals surface area contributed by atoms with Crippen LogP contribution in [-0.2, 0) is 6.42 Å². The molecule has 11 aromatic carbocycles. The molecule has 690 valence electrons. The van der Waals surface area contributed by atoms with Gasteiger partial charge in [0.2, 0.25) is 0 Å². The highest BCUT2D eigenvalue weighted by Gasteiger charge is 2.23. The second-order valence-electron chi connectivity index (χ2n) is 35.1. The van der Waals surface area contributed by atoms with Crippen LogP contribution in [0.25, 0.3) is 137 Å². The third-order valence-corrected chi connectivity index (χ3v) is 24.4. The summed E-state index contributed by atoms with van der Waals surface area (Å²) in [5.41, 5.74) is 12.6. The number of carbonyl (C=O) groups excluding carboxylic acids is 5. The monoisotopic (exact) mass is 1830 g/mol. The van der Waals surface area contributed by atoms with Crippen LogP contribution in [-0.4, -0.2) is 165 Å². The minimum atomic E-state index is -0.299. The maximum Gasteiger partial charge on any atom is 0.265 e. The lowest BCUT2D eigenvalue weighted by atomic mass is 10.1. The summed E-state index contributed by atoms with van der Waals surface area (Å²) in [6, 6.07) is 85.1. The molecular formula is C110H100N18O10. The molecule has 0 aliphatic rings. The summed E-state index contributed by atoms with van der Waals surface area (Å²) in [7, 11) is 7.86. The van der Waals surface area contributed by atoms with Gasteiger partial charge in [-0.15, -0.1) is 0 Å². The van der Waals surface area contributed by atoms with Gasteiger partial charge in [-0.25, -0.2) is 24.9 Å². The molecule has 3 atom stereocenters. The zero-order valence-electron chi connectivity index (χ0n) is 77.4. The van der Waals surface area contributed by atoms with Crippen LogP contribution < -0.4 is 60.1 Å². The van der Waals surface area contributed by atoms with E-state index in [1.165, 1.54) is 22.0 Å². The number of fused-ring (bicyclic) bond motifs is 15. The van der Waals surface area contributed by atoms with Crippen molar-refractivity contribution in [3.8, 4) is 0 Å². The van der Waals surface area contributed by atoms with E-state index < -0.39 is 0 Å². The van der Waals surface area contributed by atoms with Gasteiger partial charge in [0.05, 0.1) is 82.3 Å². The van der Waals surface area contributed by atoms with Gasteiger partial charge in [0.15, 0.2) is 28.2 Å². The second kappa shape index (κ2) is 40.5. The molecule has 0 spiro atoms. The predicted molar refractivity (Wildman–Crippen MR) is 549 cm³/mol. The van der Waals surface area contributed by atoms with Crippen molar-refractivity contribution in [1.29, 1.82) is 0 Å². The number of carbonyl (C=O) groups is 5. The standard InChI is InChI=1S/C25H19N3O2.2C22H22N4O2.C21H19N3O2.C20H18N4O2/c29-24(26-13-12-17-7-2-1-3-8-17)20-11-6-14-28-23(20)27-22-16-19-10-5-4-9-18(19)15-21(22)25(28)30;2*1-14(25(2)3)13-23-21(27)17-9-6-10-26-20(17)24-19-12-16-8-5-4-7-15(16)11-18(19)22(26)28;1-13(2)12-22-20(25)16-8-5-9-24-19(16)23-18-11-15-7-4-3-6-14(15)10-17(18)21(24)26;1-12(21)11-22-19(25)15-7-4-8-24-18(15)23-17-10-14-6-3-2-5-13(14)9-16(17)20(24)26/h1-11,14-16H,12-13H2,(H,26,29);2*4-12,14H,13H2,1-3H3,(H,23,27);3-11,13H,12H2,1-2H3,(H,22,25);2-10,12H,11,21H2,1H3,(H,22,25)/t;2*14-;;12-/m.10.1/s1. The molecule has 28 heteroatoms. The Morgan fingerprint density at radius 3 is 0.732 bits per heavy atom. The van der Waals surface area contributed by atoms with Gasteiger partial charge in [0.25, 0.3) is 57.3 Å². The first-order chi connectivity index (χ1) is 66.7. The first-order valence-corrected chi connectivity index (χ1v) is 45.4. The highest BCUT2D eigenvalue weighted by Crippen LogP contribution is 2.28. The molecule has 0 bridgehead atoms. The zero-order chi connectivity index (χ0) is 96.7. The van der Waals surface area contributed by atoms with Gasteiger partial charge in [-0.05, 0) is 242 Å². The van der Waals surface area contributed by atoms with E-state index in [1.807, 2.05) is 285 Å². The van der Waals surface area contributed by atoms with Crippen LogP contribution in [0.5, 0.6) is 0 Å². The molecule has 0 saturated carbocycles. The van der Waals surface area contributed by atoms with Crippen molar-refractivity contribution in [3.05, 3.63) is 389 Å². The smallest absolute Gasteiger partial charge is 0.265 e. The van der Waals surface area contributed by atoms with Gasteiger partial charge in [-0.2, -0.15) is 0 Å². The highest BCUT2D eigenvalue weighted by atomic mass is 16.2. The van der Waals surface area contributed by atoms with Crippen LogP contribution in [0.15, 0.2) is 328 Å². The van der Waals surface area contributed by atoms with Gasteiger partial charge in [-0.1, -0.05) is 166 Å². The summed E-state index contributed by atoms with van der Waals surface area (Å²) < 4.78 is 7.20. The summed E-state index contributed by atoms with van der Waals surface area (Å²) in [6.07, 6.45) is 8.97. The van der Waals surface area contributed by atoms with E-state index in [0.29, 0.717) is 149 Å². The Balaban J connectivity index is 0.000000119. The third kappa shape index (κ3) is 19.7. The molecular weight excluding hydrogens is 1730 g/mol. The Bertz CT molecular complexity index is 8350. The number of pyridine rings is 5. The van der Waals surface area contributed by atoms with Crippen molar-refractivity contribution in [2.45, 2.75) is 59.2 Å². The predicted octanol–water partition coefficient (Wildman–Crippen LogP) is 14.8. The molecule has 0 aliphatic heterocycles. The number of nitrogens with zero attached hydrogens (tertiary/aromatic N) is 12. The lowest BCUT2D eigenvalue weighted by Gasteiger charge is -2.20. The van der Waals surface area contributed by atoms with E-state index in [9.17, 15) is 47.9 Å².